The van der Waals surface area contributed by atoms with Crippen molar-refractivity contribution in [1.82, 2.24) is 26.6 Å². The Morgan fingerprint density at radius 1 is 0.534 bits per heavy atom. The van der Waals surface area contributed by atoms with Crippen LogP contribution in [0.5, 0.6) is 0 Å². The summed E-state index contributed by atoms with van der Waals surface area (Å²) in [5.41, 5.74) is 43.8. The Bertz CT molecular complexity index is 1400. The molecule has 7 atom stereocenters. The minimum absolute atomic E-state index is 0.0298. The first-order valence-electron chi connectivity index (χ1n) is 19.2. The quantitative estimate of drug-likeness (QED) is 0.0182. The lowest BCUT2D eigenvalue weighted by Crippen LogP contribution is -2.61. The predicted octanol–water partition coefficient (Wildman–Crippen LogP) is -5.46. The molecule has 0 fully saturated rings. The summed E-state index contributed by atoms with van der Waals surface area (Å²) < 4.78 is 0. The second-order valence-electron chi connectivity index (χ2n) is 14.2. The molecule has 0 aromatic rings. The Hall–Kier alpha value is -5.49. The van der Waals surface area contributed by atoms with Gasteiger partial charge in [-0.05, 0) is 77.2 Å². The summed E-state index contributed by atoms with van der Waals surface area (Å²) in [6, 6.07) is -7.73. The Labute approximate surface area is 338 Å². The maximum atomic E-state index is 13.8. The highest BCUT2D eigenvalue weighted by atomic mass is 16.4. The number of nitrogens with two attached hydrogens (primary N) is 8. The minimum Gasteiger partial charge on any atom is -0.480 e. The summed E-state index contributed by atoms with van der Waals surface area (Å²) in [5, 5.41) is 33.0. The zero-order chi connectivity index (χ0) is 44.4. The van der Waals surface area contributed by atoms with Crippen molar-refractivity contribution in [2.45, 2.75) is 127 Å². The summed E-state index contributed by atoms with van der Waals surface area (Å²) in [7, 11) is 0. The van der Waals surface area contributed by atoms with Crippen LogP contribution in [0.2, 0.25) is 0 Å². The van der Waals surface area contributed by atoms with Crippen molar-refractivity contribution in [2.75, 3.05) is 26.2 Å². The van der Waals surface area contributed by atoms with Crippen LogP contribution in [0.15, 0.2) is 15.0 Å². The zero-order valence-electron chi connectivity index (χ0n) is 33.8. The molecule has 0 aliphatic rings. The summed E-state index contributed by atoms with van der Waals surface area (Å²) in [6.45, 7) is 5.53. The predicted molar refractivity (Wildman–Crippen MR) is 219 cm³/mol. The largest absolute Gasteiger partial charge is 0.480 e. The molecule has 0 aromatic heterocycles. The van der Waals surface area contributed by atoms with Gasteiger partial charge >= 0.3 is 5.97 Å². The van der Waals surface area contributed by atoms with Gasteiger partial charge < -0.3 is 82.7 Å². The van der Waals surface area contributed by atoms with Crippen LogP contribution in [0.25, 0.3) is 0 Å². The first kappa shape index (κ1) is 52.5. The average molecular weight is 829 g/mol. The normalized spacial score (nSPS) is 14.5. The van der Waals surface area contributed by atoms with Gasteiger partial charge in [-0.25, -0.2) is 4.79 Å². The Kier molecular flexibility index (Phi) is 26.1. The average Bonchev–Trinajstić information content (AvgIpc) is 3.12. The van der Waals surface area contributed by atoms with Crippen molar-refractivity contribution in [3.8, 4) is 0 Å². The highest BCUT2D eigenvalue weighted by Gasteiger charge is 2.34. The van der Waals surface area contributed by atoms with E-state index < -0.39 is 77.9 Å². The van der Waals surface area contributed by atoms with Gasteiger partial charge in [0.05, 0.1) is 12.1 Å². The number of unbranched alkanes of at least 4 members (excludes halogenated alkanes) is 1. The van der Waals surface area contributed by atoms with Crippen LogP contribution in [0.4, 0.5) is 0 Å². The van der Waals surface area contributed by atoms with E-state index in [9.17, 15) is 39.0 Å². The SMILES string of the molecule is CC(C)C[C@H](NC(=O)[C@H](NC(=O)[C@H](CCCN=C(N)N)NC(=O)[C@H](N)CCCCN)[C@H](C)O)C(=O)N[C@@H](CCCN=C(N)N)C(=O)N[C@@H](CCCN=C(N)N)C(=O)O. The molecule has 0 saturated carbocycles. The molecule has 0 saturated heterocycles. The fraction of sp³-hybridized carbons (Fsp3) is 0.735. The maximum Gasteiger partial charge on any atom is 0.326 e. The highest BCUT2D eigenvalue weighted by Crippen LogP contribution is 2.10. The number of carboxylic acid groups (broad SMARTS) is 1. The van der Waals surface area contributed by atoms with Crippen LogP contribution < -0.4 is 72.5 Å². The van der Waals surface area contributed by atoms with Gasteiger partial charge in [-0.3, -0.25) is 38.9 Å². The lowest BCUT2D eigenvalue weighted by Gasteiger charge is -2.28. The maximum absolute atomic E-state index is 13.8. The minimum atomic E-state index is -1.61. The van der Waals surface area contributed by atoms with E-state index in [4.69, 9.17) is 45.9 Å². The molecule has 0 rings (SSSR count). The number of hydrogen-bond acceptors (Lipinski definition) is 12. The molecular formula is C34H68N16O8. The van der Waals surface area contributed by atoms with E-state index in [0.717, 1.165) is 0 Å². The van der Waals surface area contributed by atoms with E-state index in [2.05, 4.69) is 41.6 Å². The molecule has 23 N–H and O–H groups in total. The van der Waals surface area contributed by atoms with E-state index in [0.29, 0.717) is 25.8 Å². The number of guanidine groups is 3. The first-order valence-corrected chi connectivity index (χ1v) is 19.2. The molecule has 24 heteroatoms. The Morgan fingerprint density at radius 3 is 1.34 bits per heavy atom. The number of amides is 5. The van der Waals surface area contributed by atoms with Crippen molar-refractivity contribution in [2.24, 2.45) is 66.8 Å². The highest BCUT2D eigenvalue weighted by molar-refractivity contribution is 5.96. The van der Waals surface area contributed by atoms with Crippen LogP contribution in [0, 0.1) is 5.92 Å². The monoisotopic (exact) mass is 829 g/mol. The number of carboxylic acids is 1. The van der Waals surface area contributed by atoms with Crippen LogP contribution >= 0.6 is 0 Å². The number of rotatable bonds is 30. The second-order valence-corrected chi connectivity index (χ2v) is 14.2. The molecule has 0 aromatic carbocycles. The van der Waals surface area contributed by atoms with Gasteiger partial charge in [0.2, 0.25) is 29.5 Å². The van der Waals surface area contributed by atoms with Crippen LogP contribution in [0.3, 0.4) is 0 Å². The number of aliphatic carboxylic acids is 1. The molecule has 58 heavy (non-hydrogen) atoms. The van der Waals surface area contributed by atoms with Crippen molar-refractivity contribution >= 4 is 53.4 Å². The lowest BCUT2D eigenvalue weighted by molar-refractivity contribution is -0.142. The third kappa shape index (κ3) is 23.5. The number of carbonyl (C=O) groups is 6. The second kappa shape index (κ2) is 28.8. The van der Waals surface area contributed by atoms with Crippen LogP contribution in [-0.2, 0) is 28.8 Å². The van der Waals surface area contributed by atoms with Gasteiger partial charge in [0.15, 0.2) is 17.9 Å². The van der Waals surface area contributed by atoms with Gasteiger partial charge in [0.25, 0.3) is 0 Å². The Morgan fingerprint density at radius 2 is 0.931 bits per heavy atom. The molecular weight excluding hydrogens is 760 g/mol. The summed E-state index contributed by atoms with van der Waals surface area (Å²) in [5.74, 6) is -6.11. The van der Waals surface area contributed by atoms with E-state index in [1.165, 1.54) is 6.92 Å². The van der Waals surface area contributed by atoms with Gasteiger partial charge in [0, 0.05) is 19.6 Å². The molecule has 0 radical (unpaired) electrons. The summed E-state index contributed by atoms with van der Waals surface area (Å²) in [4.78, 5) is 91.0. The third-order valence-electron chi connectivity index (χ3n) is 8.43. The molecule has 0 unspecified atom stereocenters. The lowest BCUT2D eigenvalue weighted by atomic mass is 10.0. The standard InChI is InChI=1S/C34H68N16O8/c1-18(2)17-24(29(55)47-21(10-6-14-43-32(37)38)27(53)48-23(31(57)58)12-8-16-45-34(41)42)49-30(56)25(19(3)51)50-28(54)22(11-7-15-44-33(39)40)46-26(52)20(36)9-4-5-13-35/h18-25,51H,4-17,35-36H2,1-3H3,(H,46,52)(H,47,55)(H,48,53)(H,49,56)(H,50,54)(H,57,58)(H4,37,38,43)(H4,39,40,44)(H4,41,42,45)/t19-,20+,21-,22-,23-,24-,25+/m0/s1. The van der Waals surface area contributed by atoms with Gasteiger partial charge in [-0.2, -0.15) is 0 Å². The number of aliphatic hydroxyl groups excluding tert-OH is 1. The molecule has 332 valence electrons. The van der Waals surface area contributed by atoms with Crippen molar-refractivity contribution in [3.63, 3.8) is 0 Å². The first-order chi connectivity index (χ1) is 27.2. The number of carbonyl (C=O) groups excluding carboxylic acids is 5. The number of nitrogens with zero attached hydrogens (tertiary/aromatic N) is 3. The van der Waals surface area contributed by atoms with E-state index in [1.54, 1.807) is 13.8 Å². The fourth-order valence-electron chi connectivity index (χ4n) is 5.39. The van der Waals surface area contributed by atoms with Crippen molar-refractivity contribution in [1.29, 1.82) is 0 Å². The van der Waals surface area contributed by atoms with Gasteiger partial charge in [-0.1, -0.05) is 20.3 Å². The number of aliphatic hydroxyl groups is 1. The molecule has 0 heterocycles. The molecule has 5 amide bonds. The molecule has 0 aliphatic heterocycles. The molecule has 0 bridgehead atoms. The van der Waals surface area contributed by atoms with E-state index in [1.807, 2.05) is 0 Å². The zero-order valence-corrected chi connectivity index (χ0v) is 33.8. The summed E-state index contributed by atoms with van der Waals surface area (Å²) in [6.07, 6.45) is 0.709. The number of nitrogens with one attached hydrogen (secondary N) is 5. The third-order valence-corrected chi connectivity index (χ3v) is 8.43. The molecule has 0 aliphatic carbocycles. The number of aliphatic imine (C=N–C) groups is 3. The number of hydrogen-bond donors (Lipinski definition) is 15. The van der Waals surface area contributed by atoms with E-state index >= 15 is 0 Å². The summed E-state index contributed by atoms with van der Waals surface area (Å²) >= 11 is 0. The topological polar surface area (TPSA) is 448 Å². The Balaban J connectivity index is 6.25. The molecule has 24 nitrogen and oxygen atoms in total. The fourth-order valence-corrected chi connectivity index (χ4v) is 5.39. The smallest absolute Gasteiger partial charge is 0.326 e. The van der Waals surface area contributed by atoms with Gasteiger partial charge in [0.1, 0.15) is 30.2 Å². The van der Waals surface area contributed by atoms with Gasteiger partial charge in [-0.15, -0.1) is 0 Å². The van der Waals surface area contributed by atoms with Crippen LogP contribution in [0.1, 0.15) is 85.0 Å². The van der Waals surface area contributed by atoms with E-state index in [-0.39, 0.29) is 88.4 Å². The van der Waals surface area contributed by atoms with Crippen molar-refractivity contribution < 1.29 is 39.0 Å². The van der Waals surface area contributed by atoms with Crippen molar-refractivity contribution in [3.05, 3.63) is 0 Å². The molecule has 0 spiro atoms. The van der Waals surface area contributed by atoms with Crippen LogP contribution in [-0.4, -0.2) is 132 Å².